The lowest BCUT2D eigenvalue weighted by atomic mass is 10.1. The Balaban J connectivity index is 1.54. The summed E-state index contributed by atoms with van der Waals surface area (Å²) in [5.74, 6) is 0.0956. The molecule has 28 heavy (non-hydrogen) atoms. The van der Waals surface area contributed by atoms with Crippen molar-refractivity contribution in [1.29, 1.82) is 0 Å². The number of aromatic nitrogens is 1. The van der Waals surface area contributed by atoms with Crippen molar-refractivity contribution >= 4 is 16.1 Å². The zero-order valence-electron chi connectivity index (χ0n) is 14.8. The third-order valence-corrected chi connectivity index (χ3v) is 5.91. The molecular formula is C19H19F3N2O3S. The molecule has 1 saturated heterocycles. The van der Waals surface area contributed by atoms with E-state index in [1.807, 2.05) is 30.3 Å². The second-order valence-electron chi connectivity index (χ2n) is 6.36. The molecule has 150 valence electrons. The number of hydrogen-bond acceptors (Lipinski definition) is 4. The smallest absolute Gasteiger partial charge is 0.417 e. The average Bonchev–Trinajstić information content (AvgIpc) is 2.67. The molecule has 1 aromatic carbocycles. The minimum atomic E-state index is -4.45. The highest BCUT2D eigenvalue weighted by Gasteiger charge is 2.31. The second-order valence-corrected chi connectivity index (χ2v) is 8.18. The summed E-state index contributed by atoms with van der Waals surface area (Å²) in [6, 6.07) is 11.2. The Morgan fingerprint density at radius 2 is 1.75 bits per heavy atom. The van der Waals surface area contributed by atoms with Crippen LogP contribution in [0.3, 0.4) is 0 Å². The molecule has 0 amide bonds. The fourth-order valence-corrected chi connectivity index (χ4v) is 4.03. The van der Waals surface area contributed by atoms with Crippen LogP contribution in [0.25, 0.3) is 6.08 Å². The van der Waals surface area contributed by atoms with Crippen LogP contribution < -0.4 is 4.74 Å². The van der Waals surface area contributed by atoms with E-state index in [9.17, 15) is 21.6 Å². The average molecular weight is 412 g/mol. The standard InChI is InChI=1S/C19H19F3N2O3S/c20-19(21,22)16-6-7-18(23-14-16)27-17-8-11-24(12-9-17)28(25,26)13-10-15-4-2-1-3-5-15/h1-7,10,13-14,17H,8-9,11-12H2/b13-10+. The molecule has 0 atom stereocenters. The maximum atomic E-state index is 12.6. The first-order valence-electron chi connectivity index (χ1n) is 8.67. The molecule has 1 aliphatic rings. The van der Waals surface area contributed by atoms with E-state index in [1.165, 1.54) is 15.8 Å². The Kier molecular flexibility index (Phi) is 6.04. The second kappa shape index (κ2) is 8.32. The monoisotopic (exact) mass is 412 g/mol. The third kappa shape index (κ3) is 5.32. The van der Waals surface area contributed by atoms with Crippen molar-refractivity contribution in [2.24, 2.45) is 0 Å². The molecule has 0 unspecified atom stereocenters. The van der Waals surface area contributed by atoms with E-state index < -0.39 is 21.8 Å². The van der Waals surface area contributed by atoms with Gasteiger partial charge in [0.15, 0.2) is 0 Å². The topological polar surface area (TPSA) is 59.5 Å². The van der Waals surface area contributed by atoms with Gasteiger partial charge in [-0.05, 0) is 30.5 Å². The number of piperidine rings is 1. The molecule has 0 radical (unpaired) electrons. The highest BCUT2D eigenvalue weighted by molar-refractivity contribution is 7.92. The summed E-state index contributed by atoms with van der Waals surface area (Å²) in [6.45, 7) is 0.541. The molecule has 3 rings (SSSR count). The summed E-state index contributed by atoms with van der Waals surface area (Å²) < 4.78 is 69.5. The van der Waals surface area contributed by atoms with Gasteiger partial charge >= 0.3 is 6.18 Å². The lowest BCUT2D eigenvalue weighted by Crippen LogP contribution is -2.40. The van der Waals surface area contributed by atoms with Gasteiger partial charge in [0.2, 0.25) is 15.9 Å². The van der Waals surface area contributed by atoms with Crippen LogP contribution in [-0.4, -0.2) is 36.9 Å². The fourth-order valence-electron chi connectivity index (χ4n) is 2.81. The highest BCUT2D eigenvalue weighted by atomic mass is 32.2. The van der Waals surface area contributed by atoms with Gasteiger partial charge in [-0.25, -0.2) is 13.4 Å². The number of alkyl halides is 3. The van der Waals surface area contributed by atoms with Crippen LogP contribution in [0.4, 0.5) is 13.2 Å². The molecule has 0 bridgehead atoms. The predicted octanol–water partition coefficient (Wildman–Crippen LogP) is 3.94. The van der Waals surface area contributed by atoms with Gasteiger partial charge in [0.1, 0.15) is 6.10 Å². The van der Waals surface area contributed by atoms with E-state index in [4.69, 9.17) is 4.74 Å². The van der Waals surface area contributed by atoms with Crippen LogP contribution in [0.5, 0.6) is 5.88 Å². The molecule has 1 fully saturated rings. The first-order valence-corrected chi connectivity index (χ1v) is 10.2. The number of sulfonamides is 1. The minimum absolute atomic E-state index is 0.0956. The molecule has 1 aromatic heterocycles. The SMILES string of the molecule is O=S(=O)(/C=C/c1ccccc1)N1CCC(Oc2ccc(C(F)(F)F)cn2)CC1. The Morgan fingerprint density at radius 1 is 1.07 bits per heavy atom. The number of rotatable bonds is 5. The summed E-state index contributed by atoms with van der Waals surface area (Å²) in [4.78, 5) is 3.68. The van der Waals surface area contributed by atoms with Crippen LogP contribution in [0.1, 0.15) is 24.0 Å². The number of benzene rings is 1. The minimum Gasteiger partial charge on any atom is -0.474 e. The van der Waals surface area contributed by atoms with E-state index >= 15 is 0 Å². The summed E-state index contributed by atoms with van der Waals surface area (Å²) in [5, 5.41) is 1.18. The summed E-state index contributed by atoms with van der Waals surface area (Å²) in [7, 11) is -3.54. The largest absolute Gasteiger partial charge is 0.474 e. The molecule has 0 saturated carbocycles. The molecule has 0 N–H and O–H groups in total. The molecule has 2 heterocycles. The van der Waals surface area contributed by atoms with Crippen molar-refractivity contribution in [2.75, 3.05) is 13.1 Å². The van der Waals surface area contributed by atoms with Gasteiger partial charge < -0.3 is 4.74 Å². The number of halogens is 3. The molecule has 0 aliphatic carbocycles. The fraction of sp³-hybridized carbons (Fsp3) is 0.316. The van der Waals surface area contributed by atoms with Crippen molar-refractivity contribution in [3.8, 4) is 5.88 Å². The van der Waals surface area contributed by atoms with Crippen LogP contribution >= 0.6 is 0 Å². The number of pyridine rings is 1. The van der Waals surface area contributed by atoms with Gasteiger partial charge in [0.25, 0.3) is 0 Å². The van der Waals surface area contributed by atoms with Crippen LogP contribution in [0, 0.1) is 0 Å². The zero-order chi connectivity index (χ0) is 20.2. The van der Waals surface area contributed by atoms with Crippen molar-refractivity contribution in [3.63, 3.8) is 0 Å². The zero-order valence-corrected chi connectivity index (χ0v) is 15.7. The van der Waals surface area contributed by atoms with Crippen LogP contribution in [0.2, 0.25) is 0 Å². The van der Waals surface area contributed by atoms with E-state index in [1.54, 1.807) is 6.08 Å². The quantitative estimate of drug-likeness (QED) is 0.746. The summed E-state index contributed by atoms with van der Waals surface area (Å²) >= 11 is 0. The van der Waals surface area contributed by atoms with Gasteiger partial charge in [-0.1, -0.05) is 30.3 Å². The van der Waals surface area contributed by atoms with E-state index in [2.05, 4.69) is 4.98 Å². The highest BCUT2D eigenvalue weighted by Crippen LogP contribution is 2.29. The van der Waals surface area contributed by atoms with E-state index in [0.717, 1.165) is 17.8 Å². The number of hydrogen-bond donors (Lipinski definition) is 0. The molecule has 0 spiro atoms. The maximum Gasteiger partial charge on any atom is 0.417 e. The van der Waals surface area contributed by atoms with Gasteiger partial charge in [-0.3, -0.25) is 0 Å². The Bertz CT molecular complexity index is 906. The third-order valence-electron chi connectivity index (χ3n) is 4.34. The lowest BCUT2D eigenvalue weighted by Gasteiger charge is -2.30. The van der Waals surface area contributed by atoms with Crippen molar-refractivity contribution in [3.05, 3.63) is 65.2 Å². The lowest BCUT2D eigenvalue weighted by molar-refractivity contribution is -0.137. The van der Waals surface area contributed by atoms with Crippen LogP contribution in [-0.2, 0) is 16.2 Å². The summed E-state index contributed by atoms with van der Waals surface area (Å²) in [5.41, 5.74) is -0.0522. The van der Waals surface area contributed by atoms with Gasteiger partial charge in [-0.2, -0.15) is 17.5 Å². The van der Waals surface area contributed by atoms with E-state index in [0.29, 0.717) is 12.8 Å². The Labute approximate surface area is 161 Å². The Morgan fingerprint density at radius 3 is 2.32 bits per heavy atom. The normalized spacial score (nSPS) is 17.1. The predicted molar refractivity (Wildman–Crippen MR) is 98.9 cm³/mol. The van der Waals surface area contributed by atoms with Crippen molar-refractivity contribution in [2.45, 2.75) is 25.1 Å². The summed E-state index contributed by atoms with van der Waals surface area (Å²) in [6.07, 6.45) is -1.61. The van der Waals surface area contributed by atoms with Crippen molar-refractivity contribution < 1.29 is 26.3 Å². The van der Waals surface area contributed by atoms with E-state index in [-0.39, 0.29) is 25.1 Å². The van der Waals surface area contributed by atoms with Crippen LogP contribution in [0.15, 0.2) is 54.1 Å². The molecule has 9 heteroatoms. The first kappa shape index (κ1) is 20.3. The molecular weight excluding hydrogens is 393 g/mol. The number of ether oxygens (including phenoxy) is 1. The molecule has 1 aliphatic heterocycles. The first-order chi connectivity index (χ1) is 13.2. The van der Waals surface area contributed by atoms with Gasteiger partial charge in [0.05, 0.1) is 5.56 Å². The molecule has 5 nitrogen and oxygen atoms in total. The van der Waals surface area contributed by atoms with Gasteiger partial charge in [0, 0.05) is 30.8 Å². The van der Waals surface area contributed by atoms with Gasteiger partial charge in [-0.15, -0.1) is 0 Å². The Hall–Kier alpha value is -2.39. The maximum absolute atomic E-state index is 12.6. The van der Waals surface area contributed by atoms with Crippen molar-refractivity contribution in [1.82, 2.24) is 9.29 Å². The molecule has 2 aromatic rings. The number of nitrogens with zero attached hydrogens (tertiary/aromatic N) is 2.